The molecule has 0 spiro atoms. The Bertz CT molecular complexity index is 411. The molecule has 0 unspecified atom stereocenters. The molecule has 0 radical (unpaired) electrons. The van der Waals surface area contributed by atoms with Crippen LogP contribution >= 0.6 is 24.0 Å². The molecule has 0 saturated carbocycles. The van der Waals surface area contributed by atoms with Crippen LogP contribution in [0.3, 0.4) is 0 Å². The van der Waals surface area contributed by atoms with Gasteiger partial charge < -0.3 is 20.9 Å². The van der Waals surface area contributed by atoms with E-state index in [9.17, 15) is 5.11 Å². The molecule has 0 atom stereocenters. The van der Waals surface area contributed by atoms with Gasteiger partial charge in [0.2, 0.25) is 0 Å². The largest absolute Gasteiger partial charge is 0.504 e. The summed E-state index contributed by atoms with van der Waals surface area (Å²) in [6.07, 6.45) is 2.19. The lowest BCUT2D eigenvalue weighted by atomic mass is 10.2. The van der Waals surface area contributed by atoms with Gasteiger partial charge in [-0.25, -0.2) is 4.99 Å². The molecule has 6 heteroatoms. The molecule has 0 bridgehead atoms. The monoisotopic (exact) mass is 379 g/mol. The van der Waals surface area contributed by atoms with Crippen LogP contribution < -0.4 is 15.8 Å². The van der Waals surface area contributed by atoms with E-state index in [1.807, 2.05) is 6.07 Å². The Morgan fingerprint density at radius 2 is 2.21 bits per heavy atom. The first-order chi connectivity index (χ1) is 8.67. The van der Waals surface area contributed by atoms with E-state index in [2.05, 4.69) is 17.2 Å². The van der Waals surface area contributed by atoms with Gasteiger partial charge in [-0.2, -0.15) is 0 Å². The number of nitrogens with two attached hydrogens (primary N) is 1. The van der Waals surface area contributed by atoms with Crippen molar-refractivity contribution in [1.82, 2.24) is 5.32 Å². The Balaban J connectivity index is 0.00000324. The molecule has 0 amide bonds. The van der Waals surface area contributed by atoms with Crippen molar-refractivity contribution in [2.45, 2.75) is 26.3 Å². The van der Waals surface area contributed by atoms with Crippen LogP contribution in [0.1, 0.15) is 25.3 Å². The number of hydrogen-bond donors (Lipinski definition) is 3. The number of benzene rings is 1. The fraction of sp³-hybridized carbons (Fsp3) is 0.462. The number of aromatic hydroxyl groups is 1. The Morgan fingerprint density at radius 1 is 1.47 bits per heavy atom. The van der Waals surface area contributed by atoms with Crippen LogP contribution in [-0.4, -0.2) is 24.7 Å². The smallest absolute Gasteiger partial charge is 0.188 e. The number of phenolic OH excluding ortho intramolecular Hbond substituents is 1. The third-order valence-corrected chi connectivity index (χ3v) is 2.51. The first-order valence-corrected chi connectivity index (χ1v) is 6.07. The highest BCUT2D eigenvalue weighted by atomic mass is 127. The molecule has 0 fully saturated rings. The maximum absolute atomic E-state index is 9.61. The molecule has 1 aromatic carbocycles. The molecule has 0 aromatic heterocycles. The predicted octanol–water partition coefficient (Wildman–Crippen LogP) is 2.22. The lowest BCUT2D eigenvalue weighted by Crippen LogP contribution is -2.32. The van der Waals surface area contributed by atoms with Crippen molar-refractivity contribution >= 4 is 29.9 Å². The number of aliphatic imine (C=N–C) groups is 1. The number of ether oxygens (including phenoxy) is 1. The van der Waals surface area contributed by atoms with Crippen LogP contribution in [0, 0.1) is 0 Å². The van der Waals surface area contributed by atoms with Gasteiger partial charge in [-0.1, -0.05) is 19.4 Å². The van der Waals surface area contributed by atoms with Gasteiger partial charge in [-0.05, 0) is 24.1 Å². The molecule has 0 aliphatic rings. The summed E-state index contributed by atoms with van der Waals surface area (Å²) in [6, 6.07) is 5.18. The number of rotatable bonds is 6. The molecule has 0 aliphatic heterocycles. The molecule has 5 nitrogen and oxygen atoms in total. The van der Waals surface area contributed by atoms with Gasteiger partial charge in [-0.3, -0.25) is 0 Å². The average Bonchev–Trinajstić information content (AvgIpc) is 2.37. The number of halogens is 1. The summed E-state index contributed by atoms with van der Waals surface area (Å²) in [6.45, 7) is 3.39. The van der Waals surface area contributed by atoms with Gasteiger partial charge in [0, 0.05) is 6.54 Å². The summed E-state index contributed by atoms with van der Waals surface area (Å²) < 4.78 is 4.97. The van der Waals surface area contributed by atoms with E-state index in [1.165, 1.54) is 7.11 Å². The maximum Gasteiger partial charge on any atom is 0.188 e. The van der Waals surface area contributed by atoms with Crippen molar-refractivity contribution in [3.63, 3.8) is 0 Å². The summed E-state index contributed by atoms with van der Waals surface area (Å²) in [7, 11) is 1.52. The minimum absolute atomic E-state index is 0. The topological polar surface area (TPSA) is 79.9 Å². The average molecular weight is 379 g/mol. The van der Waals surface area contributed by atoms with Crippen molar-refractivity contribution in [2.24, 2.45) is 10.7 Å². The first kappa shape index (κ1) is 17.8. The lowest BCUT2D eigenvalue weighted by molar-refractivity contribution is 0.373. The predicted molar refractivity (Wildman–Crippen MR) is 88.3 cm³/mol. The first-order valence-electron chi connectivity index (χ1n) is 6.07. The van der Waals surface area contributed by atoms with Gasteiger partial charge in [0.1, 0.15) is 0 Å². The summed E-state index contributed by atoms with van der Waals surface area (Å²) in [5, 5.41) is 12.6. The highest BCUT2D eigenvalue weighted by molar-refractivity contribution is 14.0. The molecule has 108 valence electrons. The van der Waals surface area contributed by atoms with Crippen LogP contribution in [0.5, 0.6) is 11.5 Å². The van der Waals surface area contributed by atoms with Crippen molar-refractivity contribution in [3.05, 3.63) is 23.8 Å². The van der Waals surface area contributed by atoms with E-state index in [0.29, 0.717) is 18.3 Å². The highest BCUT2D eigenvalue weighted by Gasteiger charge is 2.01. The number of hydrogen-bond acceptors (Lipinski definition) is 3. The zero-order chi connectivity index (χ0) is 13.4. The minimum atomic E-state index is 0. The molecule has 0 aliphatic carbocycles. The van der Waals surface area contributed by atoms with Crippen molar-refractivity contribution < 1.29 is 9.84 Å². The van der Waals surface area contributed by atoms with Crippen LogP contribution in [0.2, 0.25) is 0 Å². The number of phenols is 1. The van der Waals surface area contributed by atoms with E-state index >= 15 is 0 Å². The number of methoxy groups -OCH3 is 1. The van der Waals surface area contributed by atoms with Crippen molar-refractivity contribution in [1.29, 1.82) is 0 Å². The summed E-state index contributed by atoms with van der Waals surface area (Å²) in [5.41, 5.74) is 6.59. The third-order valence-electron chi connectivity index (χ3n) is 2.51. The quantitative estimate of drug-likeness (QED) is 0.307. The molecular formula is C13H22IN3O2. The Morgan fingerprint density at radius 3 is 2.79 bits per heavy atom. The van der Waals surface area contributed by atoms with Gasteiger partial charge in [-0.15, -0.1) is 24.0 Å². The standard InChI is InChI=1S/C13H21N3O2.HI/c1-3-4-7-15-13(14)16-9-10-5-6-12(18-2)11(17)8-10;/h5-6,8,17H,3-4,7,9H2,1-2H3,(H3,14,15,16);1H. The number of nitrogens with one attached hydrogen (secondary N) is 1. The van der Waals surface area contributed by atoms with Gasteiger partial charge >= 0.3 is 0 Å². The summed E-state index contributed by atoms with van der Waals surface area (Å²) in [5.74, 6) is 0.998. The van der Waals surface area contributed by atoms with E-state index in [-0.39, 0.29) is 29.7 Å². The Kier molecular flexibility index (Phi) is 9.11. The molecule has 1 aromatic rings. The van der Waals surface area contributed by atoms with Crippen LogP contribution in [0.25, 0.3) is 0 Å². The SMILES string of the molecule is CCCCNC(N)=NCc1ccc(OC)c(O)c1.I. The fourth-order valence-corrected chi connectivity index (χ4v) is 1.46. The molecule has 19 heavy (non-hydrogen) atoms. The van der Waals surface area contributed by atoms with Crippen LogP contribution in [-0.2, 0) is 6.54 Å². The zero-order valence-electron chi connectivity index (χ0n) is 11.3. The van der Waals surface area contributed by atoms with Crippen LogP contribution in [0.4, 0.5) is 0 Å². The molecular weight excluding hydrogens is 357 g/mol. The van der Waals surface area contributed by atoms with E-state index in [0.717, 1.165) is 24.9 Å². The second-order valence-corrected chi connectivity index (χ2v) is 3.99. The minimum Gasteiger partial charge on any atom is -0.504 e. The van der Waals surface area contributed by atoms with Crippen molar-refractivity contribution in [3.8, 4) is 11.5 Å². The van der Waals surface area contributed by atoms with E-state index in [4.69, 9.17) is 10.5 Å². The molecule has 1 rings (SSSR count). The van der Waals surface area contributed by atoms with Gasteiger partial charge in [0.15, 0.2) is 17.5 Å². The van der Waals surface area contributed by atoms with Gasteiger partial charge in [0.25, 0.3) is 0 Å². The van der Waals surface area contributed by atoms with Crippen LogP contribution in [0.15, 0.2) is 23.2 Å². The zero-order valence-corrected chi connectivity index (χ0v) is 13.7. The second-order valence-electron chi connectivity index (χ2n) is 3.99. The van der Waals surface area contributed by atoms with Gasteiger partial charge in [0.05, 0.1) is 13.7 Å². The maximum atomic E-state index is 9.61. The third kappa shape index (κ3) is 6.51. The molecule has 0 saturated heterocycles. The number of guanidine groups is 1. The molecule has 0 heterocycles. The highest BCUT2D eigenvalue weighted by Crippen LogP contribution is 2.26. The van der Waals surface area contributed by atoms with E-state index in [1.54, 1.807) is 12.1 Å². The number of nitrogens with zero attached hydrogens (tertiary/aromatic N) is 1. The number of unbranched alkanes of at least 4 members (excludes halogenated alkanes) is 1. The second kappa shape index (κ2) is 9.71. The summed E-state index contributed by atoms with van der Waals surface area (Å²) >= 11 is 0. The molecule has 4 N–H and O–H groups in total. The summed E-state index contributed by atoms with van der Waals surface area (Å²) in [4.78, 5) is 4.19. The lowest BCUT2D eigenvalue weighted by Gasteiger charge is -2.06. The Labute approximate surface area is 131 Å². The van der Waals surface area contributed by atoms with E-state index < -0.39 is 0 Å². The Hall–Kier alpha value is -1.18. The van der Waals surface area contributed by atoms with Crippen molar-refractivity contribution in [2.75, 3.05) is 13.7 Å². The normalized spacial score (nSPS) is 10.7. The fourth-order valence-electron chi connectivity index (χ4n) is 1.46.